The maximum atomic E-state index is 11.5. The normalized spacial score (nSPS) is 22.8. The molecule has 1 aliphatic heterocycles. The molecule has 0 bridgehead atoms. The summed E-state index contributed by atoms with van der Waals surface area (Å²) in [6.45, 7) is 4.30. The van der Waals surface area contributed by atoms with Crippen molar-refractivity contribution in [3.05, 3.63) is 0 Å². The van der Waals surface area contributed by atoms with E-state index in [0.717, 1.165) is 19.4 Å². The molecule has 0 aromatic rings. The Labute approximate surface area is 101 Å². The maximum absolute atomic E-state index is 11.5. The summed E-state index contributed by atoms with van der Waals surface area (Å²) in [6, 6.07) is -0.404. The molecule has 3 atom stereocenters. The lowest BCUT2D eigenvalue weighted by atomic mass is 10.1. The highest BCUT2D eigenvalue weighted by atomic mass is 16.5. The van der Waals surface area contributed by atoms with Crippen LogP contribution in [0, 0.1) is 5.92 Å². The van der Waals surface area contributed by atoms with Crippen LogP contribution in [0.3, 0.4) is 0 Å². The Balaban J connectivity index is 2.22. The number of hydrogen-bond acceptors (Lipinski definition) is 3. The van der Waals surface area contributed by atoms with Gasteiger partial charge >= 0.3 is 12.0 Å². The Bertz CT molecular complexity index is 277. The fourth-order valence-corrected chi connectivity index (χ4v) is 1.68. The molecular weight excluding hydrogens is 224 g/mol. The summed E-state index contributed by atoms with van der Waals surface area (Å²) >= 11 is 0. The van der Waals surface area contributed by atoms with E-state index in [1.807, 2.05) is 6.92 Å². The maximum Gasteiger partial charge on any atom is 0.315 e. The van der Waals surface area contributed by atoms with Crippen molar-refractivity contribution in [3.63, 3.8) is 0 Å². The molecule has 1 aliphatic rings. The van der Waals surface area contributed by atoms with Crippen molar-refractivity contribution in [2.45, 2.75) is 38.8 Å². The summed E-state index contributed by atoms with van der Waals surface area (Å²) in [5.41, 5.74) is 0. The van der Waals surface area contributed by atoms with Crippen molar-refractivity contribution in [1.82, 2.24) is 10.6 Å². The zero-order valence-electron chi connectivity index (χ0n) is 10.2. The van der Waals surface area contributed by atoms with Crippen LogP contribution in [0.15, 0.2) is 0 Å². The number of rotatable bonds is 5. The summed E-state index contributed by atoms with van der Waals surface area (Å²) < 4.78 is 5.44. The summed E-state index contributed by atoms with van der Waals surface area (Å²) in [7, 11) is 0. The van der Waals surface area contributed by atoms with Crippen LogP contribution < -0.4 is 10.6 Å². The van der Waals surface area contributed by atoms with E-state index >= 15 is 0 Å². The molecular formula is C11H20N2O4. The highest BCUT2D eigenvalue weighted by Gasteiger charge is 2.23. The van der Waals surface area contributed by atoms with Gasteiger partial charge in [0.05, 0.1) is 18.1 Å². The molecule has 1 fully saturated rings. The third kappa shape index (κ3) is 4.60. The molecule has 3 N–H and O–H groups in total. The third-order valence-corrected chi connectivity index (χ3v) is 2.87. The number of urea groups is 1. The van der Waals surface area contributed by atoms with E-state index in [-0.39, 0.29) is 24.7 Å². The van der Waals surface area contributed by atoms with Gasteiger partial charge < -0.3 is 20.5 Å². The van der Waals surface area contributed by atoms with E-state index in [4.69, 9.17) is 9.84 Å². The van der Waals surface area contributed by atoms with Gasteiger partial charge in [-0.25, -0.2) is 4.79 Å². The molecule has 0 aromatic carbocycles. The van der Waals surface area contributed by atoms with Crippen LogP contribution in [0.4, 0.5) is 4.79 Å². The minimum atomic E-state index is -0.919. The smallest absolute Gasteiger partial charge is 0.315 e. The second kappa shape index (κ2) is 6.44. The first-order valence-corrected chi connectivity index (χ1v) is 5.89. The largest absolute Gasteiger partial charge is 0.481 e. The number of carbonyl (C=O) groups excluding carboxylic acids is 1. The summed E-state index contributed by atoms with van der Waals surface area (Å²) in [5, 5.41) is 13.9. The minimum Gasteiger partial charge on any atom is -0.481 e. The number of carboxylic acids is 1. The number of aliphatic carboxylic acids is 1. The molecule has 0 saturated carbocycles. The van der Waals surface area contributed by atoms with Gasteiger partial charge in [0.15, 0.2) is 0 Å². The summed E-state index contributed by atoms with van der Waals surface area (Å²) in [6.07, 6.45) is 2.04. The SMILES string of the molecule is CC(CNC(=O)NC(C)C1CCCO1)C(=O)O. The first-order valence-electron chi connectivity index (χ1n) is 5.89. The average Bonchev–Trinajstić information content (AvgIpc) is 2.78. The Morgan fingerprint density at radius 3 is 2.71 bits per heavy atom. The molecule has 98 valence electrons. The van der Waals surface area contributed by atoms with Crippen LogP contribution in [0.2, 0.25) is 0 Å². The van der Waals surface area contributed by atoms with Crippen molar-refractivity contribution < 1.29 is 19.4 Å². The van der Waals surface area contributed by atoms with Gasteiger partial charge in [-0.05, 0) is 19.8 Å². The summed E-state index contributed by atoms with van der Waals surface area (Å²) in [5.74, 6) is -1.50. The van der Waals surface area contributed by atoms with Crippen LogP contribution in [-0.2, 0) is 9.53 Å². The fourth-order valence-electron chi connectivity index (χ4n) is 1.68. The Hall–Kier alpha value is -1.30. The third-order valence-electron chi connectivity index (χ3n) is 2.87. The fraction of sp³-hybridized carbons (Fsp3) is 0.818. The van der Waals surface area contributed by atoms with E-state index in [1.54, 1.807) is 6.92 Å². The molecule has 1 heterocycles. The van der Waals surface area contributed by atoms with Crippen LogP contribution in [-0.4, -0.2) is 42.4 Å². The van der Waals surface area contributed by atoms with Gasteiger partial charge in [0.1, 0.15) is 0 Å². The molecule has 1 saturated heterocycles. The molecule has 3 unspecified atom stereocenters. The molecule has 0 aliphatic carbocycles. The molecule has 1 rings (SSSR count). The van der Waals surface area contributed by atoms with E-state index < -0.39 is 11.9 Å². The molecule has 6 heteroatoms. The van der Waals surface area contributed by atoms with Crippen LogP contribution >= 0.6 is 0 Å². The number of carbonyl (C=O) groups is 2. The first kappa shape index (κ1) is 13.8. The Morgan fingerprint density at radius 1 is 1.47 bits per heavy atom. The van der Waals surface area contributed by atoms with Crippen molar-refractivity contribution in [2.24, 2.45) is 5.92 Å². The number of amides is 2. The lowest BCUT2D eigenvalue weighted by Crippen LogP contribution is -2.47. The highest BCUT2D eigenvalue weighted by molar-refractivity contribution is 5.75. The predicted molar refractivity (Wildman–Crippen MR) is 61.8 cm³/mol. The number of hydrogen-bond donors (Lipinski definition) is 3. The Kier molecular flexibility index (Phi) is 5.21. The number of ether oxygens (including phenoxy) is 1. The molecule has 0 aromatic heterocycles. The highest BCUT2D eigenvalue weighted by Crippen LogP contribution is 2.15. The topological polar surface area (TPSA) is 87.7 Å². The van der Waals surface area contributed by atoms with Gasteiger partial charge in [-0.15, -0.1) is 0 Å². The lowest BCUT2D eigenvalue weighted by molar-refractivity contribution is -0.140. The van der Waals surface area contributed by atoms with Crippen LogP contribution in [0.1, 0.15) is 26.7 Å². The second-order valence-electron chi connectivity index (χ2n) is 4.43. The zero-order valence-corrected chi connectivity index (χ0v) is 10.2. The van der Waals surface area contributed by atoms with E-state index in [0.29, 0.717) is 0 Å². The predicted octanol–water partition coefficient (Wildman–Crippen LogP) is 0.574. The van der Waals surface area contributed by atoms with Crippen molar-refractivity contribution in [1.29, 1.82) is 0 Å². The van der Waals surface area contributed by atoms with Crippen LogP contribution in [0.5, 0.6) is 0 Å². The van der Waals surface area contributed by atoms with Gasteiger partial charge in [0, 0.05) is 13.2 Å². The molecule has 6 nitrogen and oxygen atoms in total. The number of nitrogens with one attached hydrogen (secondary N) is 2. The Morgan fingerprint density at radius 2 is 2.18 bits per heavy atom. The molecule has 0 radical (unpaired) electrons. The molecule has 2 amide bonds. The van der Waals surface area contributed by atoms with Crippen molar-refractivity contribution in [3.8, 4) is 0 Å². The van der Waals surface area contributed by atoms with Gasteiger partial charge in [0.2, 0.25) is 0 Å². The zero-order chi connectivity index (χ0) is 12.8. The quantitative estimate of drug-likeness (QED) is 0.660. The van der Waals surface area contributed by atoms with Crippen molar-refractivity contribution in [2.75, 3.05) is 13.2 Å². The standard InChI is InChI=1S/C11H20N2O4/c1-7(10(14)15)6-12-11(16)13-8(2)9-4-3-5-17-9/h7-9H,3-6H2,1-2H3,(H,14,15)(H2,12,13,16). The number of carboxylic acid groups (broad SMARTS) is 1. The second-order valence-corrected chi connectivity index (χ2v) is 4.43. The monoisotopic (exact) mass is 244 g/mol. The van der Waals surface area contributed by atoms with E-state index in [1.165, 1.54) is 0 Å². The van der Waals surface area contributed by atoms with E-state index in [9.17, 15) is 9.59 Å². The van der Waals surface area contributed by atoms with Crippen molar-refractivity contribution >= 4 is 12.0 Å². The van der Waals surface area contributed by atoms with Gasteiger partial charge in [-0.2, -0.15) is 0 Å². The van der Waals surface area contributed by atoms with Gasteiger partial charge in [0.25, 0.3) is 0 Å². The van der Waals surface area contributed by atoms with Gasteiger partial charge in [-0.3, -0.25) is 4.79 Å². The lowest BCUT2D eigenvalue weighted by Gasteiger charge is -2.20. The average molecular weight is 244 g/mol. The summed E-state index contributed by atoms with van der Waals surface area (Å²) in [4.78, 5) is 22.0. The van der Waals surface area contributed by atoms with Crippen LogP contribution in [0.25, 0.3) is 0 Å². The molecule has 0 spiro atoms. The molecule has 17 heavy (non-hydrogen) atoms. The first-order chi connectivity index (χ1) is 8.00. The minimum absolute atomic E-state index is 0.0577. The van der Waals surface area contributed by atoms with E-state index in [2.05, 4.69) is 10.6 Å². The van der Waals surface area contributed by atoms with Gasteiger partial charge in [-0.1, -0.05) is 6.92 Å².